The van der Waals surface area contributed by atoms with Crippen molar-refractivity contribution in [3.8, 4) is 6.57 Å². The van der Waals surface area contributed by atoms with Gasteiger partial charge in [-0.05, 0) is 38.0 Å². The minimum Gasteiger partial charge on any atom is -0.342 e. The van der Waals surface area contributed by atoms with Gasteiger partial charge in [0.1, 0.15) is 12.7 Å². The molecule has 1 aliphatic carbocycles. The summed E-state index contributed by atoms with van der Waals surface area (Å²) < 4.78 is 1.91. The molecule has 1 aromatic heterocycles. The predicted octanol–water partition coefficient (Wildman–Crippen LogP) is 0.799. The summed E-state index contributed by atoms with van der Waals surface area (Å²) in [6.45, 7) is 6.83. The van der Waals surface area contributed by atoms with Crippen LogP contribution in [0, 0.1) is 17.8 Å². The Morgan fingerprint density at radius 2 is 2.09 bits per heavy atom. The van der Waals surface area contributed by atoms with E-state index < -0.39 is 0 Å². The quantitative estimate of drug-likeness (QED) is 0.869. The molecule has 3 rings (SSSR count). The van der Waals surface area contributed by atoms with Crippen LogP contribution in [0.2, 0.25) is 0 Å². The van der Waals surface area contributed by atoms with E-state index in [9.17, 15) is 4.79 Å². The van der Waals surface area contributed by atoms with Crippen molar-refractivity contribution in [2.45, 2.75) is 44.7 Å². The minimum atomic E-state index is 0.266. The van der Waals surface area contributed by atoms with Gasteiger partial charge in [0.05, 0.1) is 6.54 Å². The molecule has 120 valence electrons. The minimum absolute atomic E-state index is 0.266. The molecule has 1 amide bonds. The molecule has 1 saturated heterocycles. The Hall–Kier alpha value is -1.94. The molecular weight excluding hydrogens is 280 g/mol. The van der Waals surface area contributed by atoms with Gasteiger partial charge >= 0.3 is 0 Å². The number of carbonyl (C=O) groups is 1. The SMILES string of the molecule is C#N.O=C(CNC1CCC(Cn2cncn2)C1)N1CCCC1. The second kappa shape index (κ2) is 8.49. The van der Waals surface area contributed by atoms with Crippen LogP contribution in [0.3, 0.4) is 0 Å². The van der Waals surface area contributed by atoms with Crippen molar-refractivity contribution in [3.05, 3.63) is 12.7 Å². The first-order valence-corrected chi connectivity index (χ1v) is 7.90. The van der Waals surface area contributed by atoms with Crippen molar-refractivity contribution in [2.24, 2.45) is 5.92 Å². The van der Waals surface area contributed by atoms with Crippen LogP contribution in [0.15, 0.2) is 12.7 Å². The zero-order valence-electron chi connectivity index (χ0n) is 12.9. The third-order valence-electron chi connectivity index (χ3n) is 4.45. The first-order chi connectivity index (χ1) is 10.8. The van der Waals surface area contributed by atoms with Crippen molar-refractivity contribution >= 4 is 5.91 Å². The molecule has 1 saturated carbocycles. The van der Waals surface area contributed by atoms with Gasteiger partial charge in [-0.25, -0.2) is 10.2 Å². The van der Waals surface area contributed by atoms with Gasteiger partial charge in [-0.2, -0.15) is 5.10 Å². The van der Waals surface area contributed by atoms with Crippen LogP contribution in [-0.4, -0.2) is 51.2 Å². The number of nitrogens with one attached hydrogen (secondary N) is 1. The number of aromatic nitrogens is 3. The van der Waals surface area contributed by atoms with Gasteiger partial charge in [0.2, 0.25) is 5.91 Å². The van der Waals surface area contributed by atoms with Gasteiger partial charge in [0.25, 0.3) is 0 Å². The average Bonchev–Trinajstić information content (AvgIpc) is 3.30. The Balaban J connectivity index is 0.000000847. The molecule has 2 atom stereocenters. The summed E-state index contributed by atoms with van der Waals surface area (Å²) in [6, 6.07) is 0.482. The fourth-order valence-electron chi connectivity index (χ4n) is 3.33. The molecular formula is C15H24N6O. The lowest BCUT2D eigenvalue weighted by Crippen LogP contribution is -2.39. The summed E-state index contributed by atoms with van der Waals surface area (Å²) in [5, 5.41) is 14.1. The van der Waals surface area contributed by atoms with Crippen molar-refractivity contribution in [2.75, 3.05) is 19.6 Å². The van der Waals surface area contributed by atoms with Crippen molar-refractivity contribution in [1.82, 2.24) is 25.0 Å². The Morgan fingerprint density at radius 3 is 2.77 bits per heavy atom. The van der Waals surface area contributed by atoms with E-state index in [4.69, 9.17) is 5.26 Å². The fraction of sp³-hybridized carbons (Fsp3) is 0.733. The maximum atomic E-state index is 12.0. The van der Waals surface area contributed by atoms with Gasteiger partial charge in [0, 0.05) is 32.2 Å². The third-order valence-corrected chi connectivity index (χ3v) is 4.45. The maximum absolute atomic E-state index is 12.0. The van der Waals surface area contributed by atoms with Crippen LogP contribution in [-0.2, 0) is 11.3 Å². The smallest absolute Gasteiger partial charge is 0.236 e. The van der Waals surface area contributed by atoms with Crippen molar-refractivity contribution in [1.29, 1.82) is 5.26 Å². The fourth-order valence-corrected chi connectivity index (χ4v) is 3.33. The zero-order chi connectivity index (χ0) is 15.8. The van der Waals surface area contributed by atoms with E-state index in [0.29, 0.717) is 18.5 Å². The number of carbonyl (C=O) groups excluding carboxylic acids is 1. The van der Waals surface area contributed by atoms with Crippen LogP contribution in [0.5, 0.6) is 0 Å². The van der Waals surface area contributed by atoms with Gasteiger partial charge in [0.15, 0.2) is 0 Å². The monoisotopic (exact) mass is 304 g/mol. The van der Waals surface area contributed by atoms with E-state index in [0.717, 1.165) is 45.3 Å². The number of nitrogens with zero attached hydrogens (tertiary/aromatic N) is 5. The van der Waals surface area contributed by atoms with Gasteiger partial charge < -0.3 is 10.2 Å². The topological polar surface area (TPSA) is 86.8 Å². The maximum Gasteiger partial charge on any atom is 0.236 e. The Morgan fingerprint density at radius 1 is 1.32 bits per heavy atom. The average molecular weight is 304 g/mol. The Kier molecular flexibility index (Phi) is 6.34. The molecule has 1 N–H and O–H groups in total. The standard InChI is InChI=1S/C14H23N5O.CHN/c20-14(18-5-1-2-6-18)8-16-13-4-3-12(7-13)9-19-11-15-10-17-19;1-2/h10-13,16H,1-9H2;1H. The highest BCUT2D eigenvalue weighted by molar-refractivity contribution is 5.78. The lowest BCUT2D eigenvalue weighted by Gasteiger charge is -2.18. The molecule has 22 heavy (non-hydrogen) atoms. The Labute approximate surface area is 131 Å². The summed E-state index contributed by atoms with van der Waals surface area (Å²) in [4.78, 5) is 17.9. The molecule has 0 bridgehead atoms. The number of amides is 1. The second-order valence-corrected chi connectivity index (χ2v) is 5.96. The van der Waals surface area contributed by atoms with Crippen LogP contribution >= 0.6 is 0 Å². The highest BCUT2D eigenvalue weighted by atomic mass is 16.2. The number of nitriles is 1. The molecule has 7 nitrogen and oxygen atoms in total. The van der Waals surface area contributed by atoms with Crippen molar-refractivity contribution < 1.29 is 4.79 Å². The van der Waals surface area contributed by atoms with Crippen LogP contribution in [0.4, 0.5) is 0 Å². The van der Waals surface area contributed by atoms with E-state index in [1.807, 2.05) is 9.58 Å². The number of likely N-dealkylation sites (tertiary alicyclic amines) is 1. The highest BCUT2D eigenvalue weighted by Gasteiger charge is 2.26. The molecule has 2 fully saturated rings. The Bertz CT molecular complexity index is 466. The summed E-state index contributed by atoms with van der Waals surface area (Å²) >= 11 is 0. The summed E-state index contributed by atoms with van der Waals surface area (Å²) in [5.41, 5.74) is 0. The van der Waals surface area contributed by atoms with Crippen LogP contribution < -0.4 is 5.32 Å². The molecule has 2 unspecified atom stereocenters. The van der Waals surface area contributed by atoms with Gasteiger partial charge in [-0.15, -0.1) is 0 Å². The lowest BCUT2D eigenvalue weighted by atomic mass is 10.1. The highest BCUT2D eigenvalue weighted by Crippen LogP contribution is 2.26. The van der Waals surface area contributed by atoms with Gasteiger partial charge in [-0.1, -0.05) is 0 Å². The van der Waals surface area contributed by atoms with E-state index >= 15 is 0 Å². The summed E-state index contributed by atoms with van der Waals surface area (Å²) in [6.07, 6.45) is 9.18. The van der Waals surface area contributed by atoms with Crippen molar-refractivity contribution in [3.63, 3.8) is 0 Å². The van der Waals surface area contributed by atoms with E-state index in [-0.39, 0.29) is 5.91 Å². The lowest BCUT2D eigenvalue weighted by molar-refractivity contribution is -0.129. The summed E-state index contributed by atoms with van der Waals surface area (Å²) in [7, 11) is 0. The first kappa shape index (κ1) is 16.4. The molecule has 1 aliphatic heterocycles. The molecule has 0 spiro atoms. The predicted molar refractivity (Wildman–Crippen MR) is 81.6 cm³/mol. The van der Waals surface area contributed by atoms with Gasteiger partial charge in [-0.3, -0.25) is 9.48 Å². The number of hydrogen-bond donors (Lipinski definition) is 1. The van der Waals surface area contributed by atoms with E-state index in [1.165, 1.54) is 6.42 Å². The largest absolute Gasteiger partial charge is 0.342 e. The molecule has 7 heteroatoms. The molecule has 2 aliphatic rings. The van der Waals surface area contributed by atoms with Crippen LogP contribution in [0.25, 0.3) is 0 Å². The number of rotatable bonds is 5. The molecule has 0 aromatic carbocycles. The van der Waals surface area contributed by atoms with E-state index in [2.05, 4.69) is 22.0 Å². The summed E-state index contributed by atoms with van der Waals surface area (Å²) in [5.74, 6) is 0.915. The zero-order valence-corrected chi connectivity index (χ0v) is 12.9. The van der Waals surface area contributed by atoms with Crippen LogP contribution in [0.1, 0.15) is 32.1 Å². The van der Waals surface area contributed by atoms with E-state index in [1.54, 1.807) is 12.7 Å². The second-order valence-electron chi connectivity index (χ2n) is 5.96. The number of hydrogen-bond acceptors (Lipinski definition) is 5. The molecule has 2 heterocycles. The molecule has 0 radical (unpaired) electrons. The third kappa shape index (κ3) is 4.53. The molecule has 1 aromatic rings. The normalized spacial score (nSPS) is 24.0. The first-order valence-electron chi connectivity index (χ1n) is 7.90.